The SMILES string of the molecule is CCOC(=O)c1sc(Oc2ccc(C(=O)N(C)C)cc2)c2c1CCc1cnsc1-2. The number of hydrogen-bond acceptors (Lipinski definition) is 7. The minimum atomic E-state index is -0.316. The molecule has 0 radical (unpaired) electrons. The summed E-state index contributed by atoms with van der Waals surface area (Å²) in [7, 11) is 3.43. The van der Waals surface area contributed by atoms with Crippen LogP contribution in [0.3, 0.4) is 0 Å². The van der Waals surface area contributed by atoms with Gasteiger partial charge in [-0.05, 0) is 66.7 Å². The Balaban J connectivity index is 1.71. The summed E-state index contributed by atoms with van der Waals surface area (Å²) >= 11 is 2.72. The Bertz CT molecular complexity index is 1070. The van der Waals surface area contributed by atoms with Gasteiger partial charge in [-0.25, -0.2) is 9.17 Å². The highest BCUT2D eigenvalue weighted by molar-refractivity contribution is 7.17. The maximum atomic E-state index is 12.5. The molecule has 150 valence electrons. The van der Waals surface area contributed by atoms with Crippen LogP contribution in [-0.2, 0) is 17.6 Å². The van der Waals surface area contributed by atoms with E-state index in [0.29, 0.717) is 27.9 Å². The van der Waals surface area contributed by atoms with Crippen LogP contribution < -0.4 is 4.74 Å². The van der Waals surface area contributed by atoms with E-state index in [1.807, 2.05) is 6.20 Å². The van der Waals surface area contributed by atoms with Crippen molar-refractivity contribution in [3.63, 3.8) is 0 Å². The predicted octanol–water partition coefficient (Wildman–Crippen LogP) is 4.64. The van der Waals surface area contributed by atoms with E-state index in [1.165, 1.54) is 33.3 Å². The lowest BCUT2D eigenvalue weighted by Crippen LogP contribution is -2.21. The molecule has 0 saturated heterocycles. The Morgan fingerprint density at radius 2 is 1.93 bits per heavy atom. The molecule has 8 heteroatoms. The lowest BCUT2D eigenvalue weighted by molar-refractivity contribution is 0.0530. The lowest BCUT2D eigenvalue weighted by atomic mass is 9.93. The Morgan fingerprint density at radius 3 is 2.62 bits per heavy atom. The second-order valence-electron chi connectivity index (χ2n) is 6.80. The van der Waals surface area contributed by atoms with Gasteiger partial charge in [-0.15, -0.1) is 0 Å². The van der Waals surface area contributed by atoms with Crippen LogP contribution in [0.5, 0.6) is 10.8 Å². The maximum Gasteiger partial charge on any atom is 0.348 e. The van der Waals surface area contributed by atoms with Crippen molar-refractivity contribution >= 4 is 34.7 Å². The van der Waals surface area contributed by atoms with E-state index in [9.17, 15) is 9.59 Å². The molecule has 1 aliphatic rings. The molecule has 0 saturated carbocycles. The minimum absolute atomic E-state index is 0.0658. The third-order valence-corrected chi connectivity index (χ3v) is 6.62. The molecule has 0 bridgehead atoms. The number of benzene rings is 1. The number of aromatic nitrogens is 1. The standard InChI is InChI=1S/C21H20N2O4S2/c1-4-26-20(25)18-15-10-7-13-11-22-29-17(13)16(15)21(28-18)27-14-8-5-12(6-9-14)19(24)23(2)3/h5-6,8-9,11H,4,7,10H2,1-3H3. The topological polar surface area (TPSA) is 68.7 Å². The van der Waals surface area contributed by atoms with Crippen LogP contribution >= 0.6 is 22.9 Å². The summed E-state index contributed by atoms with van der Waals surface area (Å²) in [6.07, 6.45) is 3.49. The first-order chi connectivity index (χ1) is 14.0. The molecule has 1 aliphatic carbocycles. The fourth-order valence-corrected chi connectivity index (χ4v) is 5.33. The fourth-order valence-electron chi connectivity index (χ4n) is 3.28. The van der Waals surface area contributed by atoms with Crippen LogP contribution in [0.4, 0.5) is 0 Å². The van der Waals surface area contributed by atoms with Crippen molar-refractivity contribution in [2.45, 2.75) is 19.8 Å². The number of carbonyl (C=O) groups is 2. The average molecular weight is 429 g/mol. The van der Waals surface area contributed by atoms with E-state index in [-0.39, 0.29) is 11.9 Å². The van der Waals surface area contributed by atoms with Crippen molar-refractivity contribution in [2.24, 2.45) is 0 Å². The summed E-state index contributed by atoms with van der Waals surface area (Å²) in [5.41, 5.74) is 3.68. The number of esters is 1. The van der Waals surface area contributed by atoms with Crippen molar-refractivity contribution < 1.29 is 19.1 Å². The number of nitrogens with zero attached hydrogens (tertiary/aromatic N) is 2. The van der Waals surface area contributed by atoms with Gasteiger partial charge in [0, 0.05) is 25.9 Å². The molecule has 4 rings (SSSR count). The Kier molecular flexibility index (Phi) is 5.38. The highest BCUT2D eigenvalue weighted by Gasteiger charge is 2.31. The summed E-state index contributed by atoms with van der Waals surface area (Å²) in [6, 6.07) is 7.01. The number of amides is 1. The number of rotatable bonds is 5. The number of thiophene rings is 1. The van der Waals surface area contributed by atoms with Gasteiger partial charge >= 0.3 is 5.97 Å². The van der Waals surface area contributed by atoms with E-state index in [1.54, 1.807) is 45.3 Å². The van der Waals surface area contributed by atoms with Gasteiger partial charge in [0.2, 0.25) is 0 Å². The van der Waals surface area contributed by atoms with Crippen molar-refractivity contribution in [1.29, 1.82) is 0 Å². The molecular formula is C21H20N2O4S2. The third kappa shape index (κ3) is 3.65. The average Bonchev–Trinajstić information content (AvgIpc) is 3.32. The van der Waals surface area contributed by atoms with Crippen molar-refractivity contribution in [3.05, 3.63) is 52.0 Å². The maximum absolute atomic E-state index is 12.5. The second kappa shape index (κ2) is 7.96. The molecule has 1 aromatic carbocycles. The number of aryl methyl sites for hydroxylation is 1. The normalized spacial score (nSPS) is 12.1. The van der Waals surface area contributed by atoms with Crippen molar-refractivity contribution in [1.82, 2.24) is 9.27 Å². The lowest BCUT2D eigenvalue weighted by Gasteiger charge is -2.14. The highest BCUT2D eigenvalue weighted by Crippen LogP contribution is 2.50. The van der Waals surface area contributed by atoms with Crippen LogP contribution in [0.15, 0.2) is 30.5 Å². The molecule has 0 spiro atoms. The zero-order valence-corrected chi connectivity index (χ0v) is 18.0. The third-order valence-electron chi connectivity index (χ3n) is 4.67. The van der Waals surface area contributed by atoms with Gasteiger partial charge in [0.25, 0.3) is 5.91 Å². The molecular weight excluding hydrogens is 408 g/mol. The van der Waals surface area contributed by atoms with Gasteiger partial charge in [-0.3, -0.25) is 4.79 Å². The number of fused-ring (bicyclic) bond motifs is 3. The van der Waals surface area contributed by atoms with Gasteiger partial charge in [0.1, 0.15) is 10.6 Å². The molecule has 3 aromatic rings. The largest absolute Gasteiger partial charge is 0.462 e. The second-order valence-corrected chi connectivity index (χ2v) is 8.58. The summed E-state index contributed by atoms with van der Waals surface area (Å²) in [4.78, 5) is 27.7. The summed E-state index contributed by atoms with van der Waals surface area (Å²) in [5.74, 6) is 0.226. The van der Waals surface area contributed by atoms with Crippen LogP contribution in [0, 0.1) is 0 Å². The van der Waals surface area contributed by atoms with E-state index in [4.69, 9.17) is 9.47 Å². The van der Waals surface area contributed by atoms with E-state index >= 15 is 0 Å². The summed E-state index contributed by atoms with van der Waals surface area (Å²) in [5, 5.41) is 0.653. The van der Waals surface area contributed by atoms with Gasteiger partial charge < -0.3 is 14.4 Å². The molecule has 6 nitrogen and oxygen atoms in total. The van der Waals surface area contributed by atoms with Gasteiger partial charge in [-0.1, -0.05) is 11.3 Å². The van der Waals surface area contributed by atoms with Crippen LogP contribution in [0.25, 0.3) is 10.4 Å². The van der Waals surface area contributed by atoms with Gasteiger partial charge in [-0.2, -0.15) is 0 Å². The first-order valence-electron chi connectivity index (χ1n) is 9.25. The Morgan fingerprint density at radius 1 is 1.17 bits per heavy atom. The number of ether oxygens (including phenoxy) is 2. The Hall–Kier alpha value is -2.71. The Labute approximate surface area is 176 Å². The van der Waals surface area contributed by atoms with Crippen LogP contribution in [0.1, 0.15) is 38.1 Å². The minimum Gasteiger partial charge on any atom is -0.462 e. The molecule has 2 heterocycles. The van der Waals surface area contributed by atoms with E-state index in [0.717, 1.165) is 28.8 Å². The van der Waals surface area contributed by atoms with Gasteiger partial charge in [0.15, 0.2) is 5.06 Å². The molecule has 1 amide bonds. The quantitative estimate of drug-likeness (QED) is 0.554. The van der Waals surface area contributed by atoms with Gasteiger partial charge in [0.05, 0.1) is 17.0 Å². The highest BCUT2D eigenvalue weighted by atomic mass is 32.1. The first kappa shape index (κ1) is 19.6. The monoisotopic (exact) mass is 428 g/mol. The van der Waals surface area contributed by atoms with E-state index in [2.05, 4.69) is 4.37 Å². The zero-order chi connectivity index (χ0) is 20.5. The van der Waals surface area contributed by atoms with E-state index < -0.39 is 0 Å². The predicted molar refractivity (Wildman–Crippen MR) is 113 cm³/mol. The molecule has 0 atom stereocenters. The van der Waals surface area contributed by atoms with Crippen LogP contribution in [-0.4, -0.2) is 41.9 Å². The smallest absolute Gasteiger partial charge is 0.348 e. The summed E-state index contributed by atoms with van der Waals surface area (Å²) in [6.45, 7) is 2.13. The molecule has 0 N–H and O–H groups in total. The zero-order valence-electron chi connectivity index (χ0n) is 16.4. The molecule has 0 unspecified atom stereocenters. The van der Waals surface area contributed by atoms with Crippen molar-refractivity contribution in [3.8, 4) is 21.3 Å². The molecule has 0 aliphatic heterocycles. The fraction of sp³-hybridized carbons (Fsp3) is 0.286. The molecule has 0 fully saturated rings. The number of carbonyl (C=O) groups excluding carboxylic acids is 2. The van der Waals surface area contributed by atoms with Crippen LogP contribution in [0.2, 0.25) is 0 Å². The first-order valence-corrected chi connectivity index (χ1v) is 10.8. The molecule has 2 aromatic heterocycles. The molecule has 29 heavy (non-hydrogen) atoms. The number of hydrogen-bond donors (Lipinski definition) is 0. The van der Waals surface area contributed by atoms with Crippen molar-refractivity contribution in [2.75, 3.05) is 20.7 Å². The summed E-state index contributed by atoms with van der Waals surface area (Å²) < 4.78 is 15.7.